The molecule has 0 amide bonds. The second-order valence-corrected chi connectivity index (χ2v) is 3.02. The smallest absolute Gasteiger partial charge is 0.204 e. The van der Waals surface area contributed by atoms with Crippen LogP contribution < -0.4 is 5.73 Å². The molecule has 0 aromatic heterocycles. The van der Waals surface area contributed by atoms with Crippen LogP contribution in [0.15, 0.2) is 28.9 Å². The molecule has 13 heavy (non-hydrogen) atoms. The fourth-order valence-electron chi connectivity index (χ4n) is 1.48. The highest BCUT2D eigenvalue weighted by Crippen LogP contribution is 2.22. The lowest BCUT2D eigenvalue weighted by atomic mass is 9.84. The van der Waals surface area contributed by atoms with Crippen molar-refractivity contribution in [3.05, 3.63) is 23.9 Å². The van der Waals surface area contributed by atoms with Crippen LogP contribution >= 0.6 is 0 Å². The first-order valence-corrected chi connectivity index (χ1v) is 3.95. The Balaban J connectivity index is 2.45. The second kappa shape index (κ2) is 2.65. The van der Waals surface area contributed by atoms with E-state index in [1.807, 2.05) is 0 Å². The number of hydrogen-bond donors (Lipinski definition) is 1. The molecule has 0 bridgehead atoms. The fraction of sp³-hybridized carbons (Fsp3) is 0.222. The molecule has 2 rings (SSSR count). The van der Waals surface area contributed by atoms with Gasteiger partial charge >= 0.3 is 0 Å². The van der Waals surface area contributed by atoms with Gasteiger partial charge < -0.3 is 5.73 Å². The topological polar surface area (TPSA) is 72.5 Å². The van der Waals surface area contributed by atoms with Gasteiger partial charge in [-0.15, -0.1) is 0 Å². The summed E-state index contributed by atoms with van der Waals surface area (Å²) in [6.07, 6.45) is 6.06. The van der Waals surface area contributed by atoms with Crippen molar-refractivity contribution in [2.75, 3.05) is 0 Å². The number of hydrogen-bond acceptors (Lipinski definition) is 4. The molecule has 1 heterocycles. The van der Waals surface area contributed by atoms with E-state index < -0.39 is 12.0 Å². The summed E-state index contributed by atoms with van der Waals surface area (Å²) in [5.41, 5.74) is 5.38. The molecule has 0 aromatic carbocycles. The summed E-state index contributed by atoms with van der Waals surface area (Å²) >= 11 is 0. The zero-order valence-electron chi connectivity index (χ0n) is 6.81. The SMILES string of the molecule is NC1=CC(=O)C2C=CC=NC2C1=O. The quantitative estimate of drug-likeness (QED) is 0.546. The lowest BCUT2D eigenvalue weighted by Gasteiger charge is -2.23. The number of carbonyl (C=O) groups is 2. The lowest BCUT2D eigenvalue weighted by Crippen LogP contribution is -2.40. The van der Waals surface area contributed by atoms with Crippen molar-refractivity contribution < 1.29 is 9.59 Å². The average Bonchev–Trinajstić information content (AvgIpc) is 2.15. The number of fused-ring (bicyclic) bond motifs is 1. The van der Waals surface area contributed by atoms with Crippen molar-refractivity contribution >= 4 is 17.8 Å². The number of Topliss-reactive ketones (excluding diaryl/α,β-unsaturated/α-hetero) is 1. The Morgan fingerprint density at radius 1 is 1.38 bits per heavy atom. The van der Waals surface area contributed by atoms with Gasteiger partial charge in [0, 0.05) is 12.3 Å². The molecule has 0 spiro atoms. The number of rotatable bonds is 0. The van der Waals surface area contributed by atoms with Crippen LogP contribution in [-0.4, -0.2) is 23.8 Å². The van der Waals surface area contributed by atoms with Crippen LogP contribution in [0.5, 0.6) is 0 Å². The largest absolute Gasteiger partial charge is 0.396 e. The van der Waals surface area contributed by atoms with Crippen molar-refractivity contribution in [3.8, 4) is 0 Å². The van der Waals surface area contributed by atoms with Gasteiger partial charge in [0.05, 0.1) is 11.6 Å². The van der Waals surface area contributed by atoms with Crippen LogP contribution in [0, 0.1) is 5.92 Å². The van der Waals surface area contributed by atoms with Crippen molar-refractivity contribution in [3.63, 3.8) is 0 Å². The lowest BCUT2D eigenvalue weighted by molar-refractivity contribution is -0.125. The number of nitrogens with zero attached hydrogens (tertiary/aromatic N) is 1. The molecular weight excluding hydrogens is 168 g/mol. The molecule has 2 N–H and O–H groups in total. The Kier molecular flexibility index (Phi) is 1.62. The average molecular weight is 176 g/mol. The van der Waals surface area contributed by atoms with E-state index in [4.69, 9.17) is 5.73 Å². The standard InChI is InChI=1S/C9H8N2O2/c10-6-4-7(12)5-2-1-3-11-8(5)9(6)13/h1-5,8H,10H2. The van der Waals surface area contributed by atoms with Gasteiger partial charge in [-0.25, -0.2) is 0 Å². The normalized spacial score (nSPS) is 31.5. The monoisotopic (exact) mass is 176 g/mol. The number of allylic oxidation sites excluding steroid dienone is 2. The zero-order valence-corrected chi connectivity index (χ0v) is 6.81. The highest BCUT2D eigenvalue weighted by molar-refractivity contribution is 6.13. The summed E-state index contributed by atoms with van der Waals surface area (Å²) in [5.74, 6) is -0.842. The summed E-state index contributed by atoms with van der Waals surface area (Å²) in [5, 5.41) is 0. The van der Waals surface area contributed by atoms with Gasteiger partial charge in [0.25, 0.3) is 0 Å². The molecule has 4 nitrogen and oxygen atoms in total. The highest BCUT2D eigenvalue weighted by atomic mass is 16.1. The van der Waals surface area contributed by atoms with Crippen molar-refractivity contribution in [2.45, 2.75) is 6.04 Å². The van der Waals surface area contributed by atoms with Gasteiger partial charge in [-0.2, -0.15) is 0 Å². The first kappa shape index (κ1) is 7.91. The zero-order chi connectivity index (χ0) is 9.42. The molecule has 2 atom stereocenters. The molecule has 2 unspecified atom stereocenters. The molecule has 4 heteroatoms. The second-order valence-electron chi connectivity index (χ2n) is 3.02. The minimum Gasteiger partial charge on any atom is -0.396 e. The molecule has 66 valence electrons. The van der Waals surface area contributed by atoms with E-state index in [1.54, 1.807) is 12.2 Å². The van der Waals surface area contributed by atoms with Gasteiger partial charge in [-0.05, 0) is 6.08 Å². The van der Waals surface area contributed by atoms with Crippen LogP contribution in [0.3, 0.4) is 0 Å². The van der Waals surface area contributed by atoms with Crippen LogP contribution in [0.25, 0.3) is 0 Å². The minimum absolute atomic E-state index is 0.0127. The first-order chi connectivity index (χ1) is 6.20. The summed E-state index contributed by atoms with van der Waals surface area (Å²) in [7, 11) is 0. The van der Waals surface area contributed by atoms with Crippen molar-refractivity contribution in [1.82, 2.24) is 0 Å². The van der Waals surface area contributed by atoms with Gasteiger partial charge in [-0.1, -0.05) is 6.08 Å². The molecule has 0 saturated heterocycles. The molecular formula is C9H8N2O2. The molecule has 0 aromatic rings. The van der Waals surface area contributed by atoms with E-state index >= 15 is 0 Å². The Bertz CT molecular complexity index is 366. The van der Waals surface area contributed by atoms with Gasteiger partial charge in [0.2, 0.25) is 5.78 Å². The Labute approximate surface area is 74.8 Å². The molecule has 1 aliphatic carbocycles. The van der Waals surface area contributed by atoms with Crippen molar-refractivity contribution in [2.24, 2.45) is 16.6 Å². The number of dihydropyridines is 1. The maximum Gasteiger partial charge on any atom is 0.204 e. The molecule has 0 fully saturated rings. The van der Waals surface area contributed by atoms with E-state index in [-0.39, 0.29) is 17.3 Å². The Hall–Kier alpha value is -1.71. The number of nitrogens with two attached hydrogens (primary N) is 1. The maximum atomic E-state index is 11.4. The van der Waals surface area contributed by atoms with E-state index in [0.29, 0.717) is 0 Å². The Morgan fingerprint density at radius 2 is 2.15 bits per heavy atom. The predicted octanol–water partition coefficient (Wildman–Crippen LogP) is -0.394. The summed E-state index contributed by atoms with van der Waals surface area (Å²) in [6, 6.07) is -0.623. The van der Waals surface area contributed by atoms with E-state index in [2.05, 4.69) is 4.99 Å². The Morgan fingerprint density at radius 3 is 2.92 bits per heavy atom. The van der Waals surface area contributed by atoms with Crippen LogP contribution in [-0.2, 0) is 9.59 Å². The fourth-order valence-corrected chi connectivity index (χ4v) is 1.48. The molecule has 1 aliphatic heterocycles. The van der Waals surface area contributed by atoms with Crippen LogP contribution in [0.4, 0.5) is 0 Å². The van der Waals surface area contributed by atoms with E-state index in [9.17, 15) is 9.59 Å². The summed E-state index contributed by atoms with van der Waals surface area (Å²) in [4.78, 5) is 26.7. The van der Waals surface area contributed by atoms with Gasteiger partial charge in [0.15, 0.2) is 5.78 Å². The third-order valence-electron chi connectivity index (χ3n) is 2.17. The van der Waals surface area contributed by atoms with Gasteiger partial charge in [0.1, 0.15) is 6.04 Å². The molecule has 0 radical (unpaired) electrons. The number of ketones is 2. The maximum absolute atomic E-state index is 11.4. The third-order valence-corrected chi connectivity index (χ3v) is 2.17. The van der Waals surface area contributed by atoms with E-state index in [0.717, 1.165) is 0 Å². The molecule has 0 saturated carbocycles. The minimum atomic E-state index is -0.623. The molecule has 2 aliphatic rings. The van der Waals surface area contributed by atoms with Gasteiger partial charge in [-0.3, -0.25) is 14.6 Å². The third kappa shape index (κ3) is 1.11. The first-order valence-electron chi connectivity index (χ1n) is 3.95. The number of aliphatic imine (C=N–C) groups is 1. The summed E-state index contributed by atoms with van der Waals surface area (Å²) in [6.45, 7) is 0. The van der Waals surface area contributed by atoms with Crippen LogP contribution in [0.2, 0.25) is 0 Å². The van der Waals surface area contributed by atoms with Crippen molar-refractivity contribution in [1.29, 1.82) is 0 Å². The predicted molar refractivity (Wildman–Crippen MR) is 47.2 cm³/mol. The number of carbonyl (C=O) groups excluding carboxylic acids is 2. The summed E-state index contributed by atoms with van der Waals surface area (Å²) < 4.78 is 0. The highest BCUT2D eigenvalue weighted by Gasteiger charge is 2.36. The van der Waals surface area contributed by atoms with E-state index in [1.165, 1.54) is 12.3 Å². The van der Waals surface area contributed by atoms with Crippen LogP contribution in [0.1, 0.15) is 0 Å².